The molecule has 1 aliphatic heterocycles. The Morgan fingerprint density at radius 2 is 1.89 bits per heavy atom. The molecule has 2 aromatic carbocycles. The van der Waals surface area contributed by atoms with E-state index in [1.807, 2.05) is 31.2 Å². The van der Waals surface area contributed by atoms with E-state index in [4.69, 9.17) is 9.47 Å². The summed E-state index contributed by atoms with van der Waals surface area (Å²) in [5.41, 5.74) is 1.25. The number of ether oxygens (including phenoxy) is 2. The van der Waals surface area contributed by atoms with Gasteiger partial charge in [-0.05, 0) is 55.1 Å². The van der Waals surface area contributed by atoms with E-state index in [1.165, 1.54) is 18.9 Å². The zero-order valence-corrected chi connectivity index (χ0v) is 16.1. The maximum atomic E-state index is 12.7. The fraction of sp³-hybridized carbons (Fsp3) is 0.200. The average Bonchev–Trinajstić information content (AvgIpc) is 2.98. The Labute approximate surface area is 162 Å². The molecule has 0 spiro atoms. The molecule has 6 nitrogen and oxygen atoms in total. The summed E-state index contributed by atoms with van der Waals surface area (Å²) in [5, 5.41) is 10.9. The second-order valence-electron chi connectivity index (χ2n) is 5.65. The number of aromatic hydroxyl groups is 1. The quantitative estimate of drug-likeness (QED) is 0.788. The molecule has 0 atom stereocenters. The lowest BCUT2D eigenvalue weighted by Crippen LogP contribution is -2.28. The third-order valence-electron chi connectivity index (χ3n) is 4.04. The molecule has 3 rings (SSSR count). The smallest absolute Gasteiger partial charge is 0.266 e. The highest BCUT2D eigenvalue weighted by molar-refractivity contribution is 8.18. The number of hydrogen-bond acceptors (Lipinski definition) is 6. The van der Waals surface area contributed by atoms with Crippen LogP contribution in [0.1, 0.15) is 12.5 Å². The summed E-state index contributed by atoms with van der Waals surface area (Å²) in [6, 6.07) is 12.5. The third kappa shape index (κ3) is 3.93. The molecule has 0 bridgehead atoms. The number of phenols is 1. The van der Waals surface area contributed by atoms with Crippen LogP contribution in [-0.2, 0) is 4.79 Å². The lowest BCUT2D eigenvalue weighted by molar-refractivity contribution is -0.122. The summed E-state index contributed by atoms with van der Waals surface area (Å²) in [7, 11) is 3.09. The molecule has 1 N–H and O–H groups in total. The number of carbonyl (C=O) groups excluding carboxylic acids is 1. The molecule has 7 heteroatoms. The number of rotatable bonds is 5. The van der Waals surface area contributed by atoms with Crippen LogP contribution in [0.5, 0.6) is 17.2 Å². The fourth-order valence-corrected chi connectivity index (χ4v) is 3.65. The van der Waals surface area contributed by atoms with Gasteiger partial charge in [-0.3, -0.25) is 9.69 Å². The van der Waals surface area contributed by atoms with Gasteiger partial charge in [0, 0.05) is 12.1 Å². The van der Waals surface area contributed by atoms with Gasteiger partial charge in [0.1, 0.15) is 5.75 Å². The maximum Gasteiger partial charge on any atom is 0.266 e. The van der Waals surface area contributed by atoms with Crippen molar-refractivity contribution in [1.82, 2.24) is 4.90 Å². The van der Waals surface area contributed by atoms with Gasteiger partial charge in [0.25, 0.3) is 5.91 Å². The number of amides is 1. The number of methoxy groups -OCH3 is 2. The first kappa shape index (κ1) is 18.8. The van der Waals surface area contributed by atoms with Gasteiger partial charge in [-0.15, -0.1) is 0 Å². The number of nitrogens with zero attached hydrogens (tertiary/aromatic N) is 2. The number of thioether (sulfide) groups is 1. The number of amidine groups is 1. The van der Waals surface area contributed by atoms with Crippen LogP contribution in [-0.4, -0.2) is 41.8 Å². The normalized spacial score (nSPS) is 17.0. The highest BCUT2D eigenvalue weighted by Crippen LogP contribution is 2.37. The number of carbonyl (C=O) groups is 1. The van der Waals surface area contributed by atoms with Gasteiger partial charge in [0.05, 0.1) is 24.8 Å². The second-order valence-corrected chi connectivity index (χ2v) is 6.66. The van der Waals surface area contributed by atoms with Crippen molar-refractivity contribution in [3.8, 4) is 17.2 Å². The molecule has 0 aromatic heterocycles. The molecule has 1 heterocycles. The van der Waals surface area contributed by atoms with Crippen molar-refractivity contribution in [1.29, 1.82) is 0 Å². The van der Waals surface area contributed by atoms with E-state index in [9.17, 15) is 9.90 Å². The molecular formula is C20H20N2O4S. The SMILES string of the molecule is CCN1C(=O)/C(=C/c2cccc(OC)c2O)SC1=Nc1ccc(OC)cc1. The van der Waals surface area contributed by atoms with Crippen LogP contribution in [0.4, 0.5) is 5.69 Å². The average molecular weight is 384 g/mol. The number of benzene rings is 2. The van der Waals surface area contributed by atoms with Gasteiger partial charge < -0.3 is 14.6 Å². The standard InChI is InChI=1S/C20H20N2O4S/c1-4-22-19(24)17(12-13-6-5-7-16(26-3)18(13)23)27-20(22)21-14-8-10-15(25-2)11-9-14/h5-12,23H,4H2,1-3H3/b17-12-,21-20?. The van der Waals surface area contributed by atoms with Crippen molar-refractivity contribution in [2.75, 3.05) is 20.8 Å². The van der Waals surface area contributed by atoms with Crippen LogP contribution in [0.25, 0.3) is 6.08 Å². The minimum Gasteiger partial charge on any atom is -0.504 e. The number of likely N-dealkylation sites (N-methyl/N-ethyl adjacent to an activating group) is 1. The zero-order valence-electron chi connectivity index (χ0n) is 15.3. The van der Waals surface area contributed by atoms with E-state index in [0.717, 1.165) is 11.4 Å². The Morgan fingerprint density at radius 1 is 1.15 bits per heavy atom. The molecule has 0 saturated carbocycles. The molecule has 1 saturated heterocycles. The largest absolute Gasteiger partial charge is 0.504 e. The van der Waals surface area contributed by atoms with E-state index < -0.39 is 0 Å². The maximum absolute atomic E-state index is 12.7. The third-order valence-corrected chi connectivity index (χ3v) is 5.04. The number of phenolic OH excluding ortho intramolecular Hbond substituents is 1. The van der Waals surface area contributed by atoms with Crippen molar-refractivity contribution >= 4 is 34.6 Å². The molecular weight excluding hydrogens is 364 g/mol. The van der Waals surface area contributed by atoms with Crippen molar-refractivity contribution in [2.24, 2.45) is 4.99 Å². The van der Waals surface area contributed by atoms with Crippen LogP contribution in [0.3, 0.4) is 0 Å². The van der Waals surface area contributed by atoms with Gasteiger partial charge >= 0.3 is 0 Å². The first-order valence-electron chi connectivity index (χ1n) is 8.37. The first-order valence-corrected chi connectivity index (χ1v) is 9.19. The number of aliphatic imine (C=N–C) groups is 1. The monoisotopic (exact) mass is 384 g/mol. The van der Waals surface area contributed by atoms with E-state index in [2.05, 4.69) is 4.99 Å². The topological polar surface area (TPSA) is 71.4 Å². The fourth-order valence-electron chi connectivity index (χ4n) is 2.60. The number of para-hydroxylation sites is 1. The Balaban J connectivity index is 1.93. The van der Waals surface area contributed by atoms with Crippen LogP contribution >= 0.6 is 11.8 Å². The molecule has 1 amide bonds. The molecule has 0 aliphatic carbocycles. The minimum atomic E-state index is -0.142. The number of hydrogen-bond donors (Lipinski definition) is 1. The predicted octanol–water partition coefficient (Wildman–Crippen LogP) is 4.03. The lowest BCUT2D eigenvalue weighted by atomic mass is 10.1. The van der Waals surface area contributed by atoms with Gasteiger partial charge in [-0.25, -0.2) is 4.99 Å². The minimum absolute atomic E-state index is 0.00416. The van der Waals surface area contributed by atoms with Crippen LogP contribution < -0.4 is 9.47 Å². The van der Waals surface area contributed by atoms with Crippen molar-refractivity contribution in [3.63, 3.8) is 0 Å². The second kappa shape index (κ2) is 8.18. The molecule has 27 heavy (non-hydrogen) atoms. The summed E-state index contributed by atoms with van der Waals surface area (Å²) < 4.78 is 10.3. The zero-order chi connectivity index (χ0) is 19.4. The van der Waals surface area contributed by atoms with Crippen molar-refractivity contribution in [3.05, 3.63) is 52.9 Å². The van der Waals surface area contributed by atoms with Crippen LogP contribution in [0, 0.1) is 0 Å². The molecule has 2 aromatic rings. The lowest BCUT2D eigenvalue weighted by Gasteiger charge is -2.12. The van der Waals surface area contributed by atoms with Gasteiger partial charge in [-0.1, -0.05) is 12.1 Å². The van der Waals surface area contributed by atoms with E-state index >= 15 is 0 Å². The Kier molecular flexibility index (Phi) is 5.71. The highest BCUT2D eigenvalue weighted by atomic mass is 32.2. The molecule has 0 unspecified atom stereocenters. The van der Waals surface area contributed by atoms with E-state index in [0.29, 0.717) is 27.9 Å². The molecule has 1 fully saturated rings. The Morgan fingerprint density at radius 3 is 2.52 bits per heavy atom. The summed E-state index contributed by atoms with van der Waals surface area (Å²) in [6.07, 6.45) is 1.66. The molecule has 0 radical (unpaired) electrons. The van der Waals surface area contributed by atoms with Crippen LogP contribution in [0.15, 0.2) is 52.4 Å². The summed E-state index contributed by atoms with van der Waals surface area (Å²) in [5.74, 6) is 0.969. The molecule has 140 valence electrons. The van der Waals surface area contributed by atoms with E-state index in [-0.39, 0.29) is 11.7 Å². The van der Waals surface area contributed by atoms with Gasteiger partial charge in [0.15, 0.2) is 16.7 Å². The Bertz CT molecular complexity index is 907. The summed E-state index contributed by atoms with van der Waals surface area (Å²) >= 11 is 1.28. The summed E-state index contributed by atoms with van der Waals surface area (Å²) in [6.45, 7) is 2.40. The summed E-state index contributed by atoms with van der Waals surface area (Å²) in [4.78, 5) is 19.4. The van der Waals surface area contributed by atoms with Crippen molar-refractivity contribution < 1.29 is 19.4 Å². The first-order chi connectivity index (χ1) is 13.1. The Hall–Kier alpha value is -2.93. The highest BCUT2D eigenvalue weighted by Gasteiger charge is 2.32. The van der Waals surface area contributed by atoms with Gasteiger partial charge in [0.2, 0.25) is 0 Å². The predicted molar refractivity (Wildman–Crippen MR) is 108 cm³/mol. The molecule has 1 aliphatic rings. The van der Waals surface area contributed by atoms with E-state index in [1.54, 1.807) is 36.3 Å². The van der Waals surface area contributed by atoms with Gasteiger partial charge in [-0.2, -0.15) is 0 Å². The van der Waals surface area contributed by atoms with Crippen molar-refractivity contribution in [2.45, 2.75) is 6.92 Å². The van der Waals surface area contributed by atoms with Crippen LogP contribution in [0.2, 0.25) is 0 Å².